The van der Waals surface area contributed by atoms with Crippen LogP contribution in [-0.4, -0.2) is 7.11 Å². The third-order valence-corrected chi connectivity index (χ3v) is 3.62. The van der Waals surface area contributed by atoms with Crippen molar-refractivity contribution in [1.29, 1.82) is 0 Å². The molecule has 3 heteroatoms. The van der Waals surface area contributed by atoms with E-state index in [2.05, 4.69) is 47.0 Å². The van der Waals surface area contributed by atoms with E-state index < -0.39 is 0 Å². The number of para-hydroxylation sites is 3. The highest BCUT2D eigenvalue weighted by Crippen LogP contribution is 2.25. The molecule has 3 rings (SSSR count). The van der Waals surface area contributed by atoms with Crippen LogP contribution < -0.4 is 15.4 Å². The fraction of sp³-hybridized carbons (Fsp3) is 0.100. The lowest BCUT2D eigenvalue weighted by atomic mass is 10.2. The first-order valence-corrected chi connectivity index (χ1v) is 7.63. The molecule has 0 unspecified atom stereocenters. The number of ether oxygens (including phenoxy) is 1. The molecule has 0 aliphatic rings. The summed E-state index contributed by atoms with van der Waals surface area (Å²) in [5, 5.41) is 6.93. The Morgan fingerprint density at radius 1 is 0.739 bits per heavy atom. The lowest BCUT2D eigenvalue weighted by molar-refractivity contribution is 0.414. The molecule has 0 aliphatic heterocycles. The molecule has 3 nitrogen and oxygen atoms in total. The minimum atomic E-state index is 0.761. The zero-order valence-electron chi connectivity index (χ0n) is 13.1. The third kappa shape index (κ3) is 4.04. The van der Waals surface area contributed by atoms with Crippen molar-refractivity contribution in [2.45, 2.75) is 6.54 Å². The predicted octanol–water partition coefficient (Wildman–Crippen LogP) is 5.05. The van der Waals surface area contributed by atoms with E-state index in [1.165, 1.54) is 5.56 Å². The molecule has 116 valence electrons. The average molecular weight is 304 g/mol. The van der Waals surface area contributed by atoms with Crippen molar-refractivity contribution < 1.29 is 4.74 Å². The van der Waals surface area contributed by atoms with E-state index in [0.29, 0.717) is 0 Å². The zero-order chi connectivity index (χ0) is 15.9. The molecule has 2 N–H and O–H groups in total. The number of hydrogen-bond donors (Lipinski definition) is 2. The van der Waals surface area contributed by atoms with Gasteiger partial charge in [0.05, 0.1) is 18.5 Å². The van der Waals surface area contributed by atoms with Crippen molar-refractivity contribution in [2.24, 2.45) is 0 Å². The van der Waals surface area contributed by atoms with Gasteiger partial charge in [-0.25, -0.2) is 0 Å². The van der Waals surface area contributed by atoms with Crippen LogP contribution in [0.3, 0.4) is 0 Å². The van der Waals surface area contributed by atoms with Gasteiger partial charge >= 0.3 is 0 Å². The van der Waals surface area contributed by atoms with Crippen LogP contribution in [0.25, 0.3) is 0 Å². The van der Waals surface area contributed by atoms with Crippen molar-refractivity contribution in [1.82, 2.24) is 0 Å². The maximum Gasteiger partial charge on any atom is 0.118 e. The van der Waals surface area contributed by atoms with Crippen molar-refractivity contribution in [2.75, 3.05) is 17.7 Å². The van der Waals surface area contributed by atoms with Crippen molar-refractivity contribution in [3.63, 3.8) is 0 Å². The summed E-state index contributed by atoms with van der Waals surface area (Å²) in [6, 6.07) is 26.5. The molecule has 0 radical (unpaired) electrons. The van der Waals surface area contributed by atoms with Gasteiger partial charge in [-0.05, 0) is 42.0 Å². The van der Waals surface area contributed by atoms with Gasteiger partial charge in [-0.2, -0.15) is 0 Å². The number of anilines is 3. The van der Waals surface area contributed by atoms with Crippen LogP contribution in [0.15, 0.2) is 78.9 Å². The summed E-state index contributed by atoms with van der Waals surface area (Å²) < 4.78 is 5.19. The van der Waals surface area contributed by atoms with Crippen LogP contribution in [0.5, 0.6) is 5.75 Å². The van der Waals surface area contributed by atoms with E-state index in [1.54, 1.807) is 7.11 Å². The summed E-state index contributed by atoms with van der Waals surface area (Å²) >= 11 is 0. The normalized spacial score (nSPS) is 10.1. The Labute approximate surface area is 136 Å². The van der Waals surface area contributed by atoms with Gasteiger partial charge in [-0.1, -0.05) is 42.5 Å². The van der Waals surface area contributed by atoms with Gasteiger partial charge in [0, 0.05) is 12.2 Å². The number of methoxy groups -OCH3 is 1. The van der Waals surface area contributed by atoms with E-state index in [9.17, 15) is 0 Å². The average Bonchev–Trinajstić information content (AvgIpc) is 2.62. The molecule has 0 saturated carbocycles. The molecule has 0 atom stereocenters. The highest BCUT2D eigenvalue weighted by atomic mass is 16.5. The van der Waals surface area contributed by atoms with Gasteiger partial charge < -0.3 is 15.4 Å². The van der Waals surface area contributed by atoms with E-state index in [1.807, 2.05) is 42.5 Å². The lowest BCUT2D eigenvalue weighted by Gasteiger charge is -2.14. The Hall–Kier alpha value is -2.94. The maximum absolute atomic E-state index is 5.19. The van der Waals surface area contributed by atoms with E-state index in [0.717, 1.165) is 29.4 Å². The van der Waals surface area contributed by atoms with Crippen molar-refractivity contribution in [3.8, 4) is 5.75 Å². The largest absolute Gasteiger partial charge is 0.497 e. The minimum absolute atomic E-state index is 0.761. The summed E-state index contributed by atoms with van der Waals surface area (Å²) in [7, 11) is 1.68. The molecule has 0 heterocycles. The Balaban J connectivity index is 1.70. The van der Waals surface area contributed by atoms with Crippen LogP contribution in [-0.2, 0) is 6.54 Å². The third-order valence-electron chi connectivity index (χ3n) is 3.62. The molecular formula is C20H20N2O. The van der Waals surface area contributed by atoms with Crippen LogP contribution >= 0.6 is 0 Å². The molecule has 23 heavy (non-hydrogen) atoms. The summed E-state index contributed by atoms with van der Waals surface area (Å²) in [4.78, 5) is 0. The van der Waals surface area contributed by atoms with Crippen LogP contribution in [0, 0.1) is 0 Å². The van der Waals surface area contributed by atoms with Gasteiger partial charge in [0.25, 0.3) is 0 Å². The Kier molecular flexibility index (Phi) is 4.79. The summed E-state index contributed by atoms with van der Waals surface area (Å²) in [5.41, 5.74) is 4.42. The summed E-state index contributed by atoms with van der Waals surface area (Å²) in [6.45, 7) is 0.761. The monoisotopic (exact) mass is 304 g/mol. The van der Waals surface area contributed by atoms with E-state index in [4.69, 9.17) is 4.74 Å². The first-order chi connectivity index (χ1) is 11.3. The molecule has 0 aliphatic carbocycles. The SMILES string of the molecule is COc1ccc(CNc2ccccc2Nc2ccccc2)cc1. The highest BCUT2D eigenvalue weighted by molar-refractivity contribution is 5.74. The number of hydrogen-bond acceptors (Lipinski definition) is 3. The van der Waals surface area contributed by atoms with E-state index in [-0.39, 0.29) is 0 Å². The summed E-state index contributed by atoms with van der Waals surface area (Å²) in [5.74, 6) is 0.875. The van der Waals surface area contributed by atoms with Gasteiger partial charge in [0.2, 0.25) is 0 Å². The van der Waals surface area contributed by atoms with Gasteiger partial charge in [-0.15, -0.1) is 0 Å². The number of rotatable bonds is 6. The second-order valence-electron chi connectivity index (χ2n) is 5.24. The molecule has 0 saturated heterocycles. The standard InChI is InChI=1S/C20H20N2O/c1-23-18-13-11-16(12-14-18)15-21-19-9-5-6-10-20(19)22-17-7-3-2-4-8-17/h2-14,21-22H,15H2,1H3. The highest BCUT2D eigenvalue weighted by Gasteiger charge is 2.02. The van der Waals surface area contributed by atoms with Gasteiger partial charge in [0.1, 0.15) is 5.75 Å². The summed E-state index contributed by atoms with van der Waals surface area (Å²) in [6.07, 6.45) is 0. The van der Waals surface area contributed by atoms with Crippen molar-refractivity contribution >= 4 is 17.1 Å². The molecule has 3 aromatic rings. The molecular weight excluding hydrogens is 284 g/mol. The molecule has 0 fully saturated rings. The fourth-order valence-corrected chi connectivity index (χ4v) is 2.36. The predicted molar refractivity (Wildman–Crippen MR) is 96.5 cm³/mol. The lowest BCUT2D eigenvalue weighted by Crippen LogP contribution is -2.02. The minimum Gasteiger partial charge on any atom is -0.497 e. The Bertz CT molecular complexity index is 739. The number of nitrogens with one attached hydrogen (secondary N) is 2. The second-order valence-corrected chi connectivity index (χ2v) is 5.24. The fourth-order valence-electron chi connectivity index (χ4n) is 2.36. The molecule has 3 aromatic carbocycles. The van der Waals surface area contributed by atoms with Gasteiger partial charge in [-0.3, -0.25) is 0 Å². The van der Waals surface area contributed by atoms with Crippen molar-refractivity contribution in [3.05, 3.63) is 84.4 Å². The van der Waals surface area contributed by atoms with E-state index >= 15 is 0 Å². The number of benzene rings is 3. The van der Waals surface area contributed by atoms with Crippen LogP contribution in [0.4, 0.5) is 17.1 Å². The quantitative estimate of drug-likeness (QED) is 0.668. The van der Waals surface area contributed by atoms with Crippen LogP contribution in [0.1, 0.15) is 5.56 Å². The Morgan fingerprint density at radius 3 is 2.09 bits per heavy atom. The first-order valence-electron chi connectivity index (χ1n) is 7.63. The van der Waals surface area contributed by atoms with Gasteiger partial charge in [0.15, 0.2) is 0 Å². The maximum atomic E-state index is 5.19. The molecule has 0 spiro atoms. The Morgan fingerprint density at radius 2 is 1.39 bits per heavy atom. The molecule has 0 amide bonds. The zero-order valence-corrected chi connectivity index (χ0v) is 13.1. The molecule has 0 bridgehead atoms. The smallest absolute Gasteiger partial charge is 0.118 e. The second kappa shape index (κ2) is 7.36. The molecule has 0 aromatic heterocycles. The van der Waals surface area contributed by atoms with Crippen LogP contribution in [0.2, 0.25) is 0 Å². The topological polar surface area (TPSA) is 33.3 Å². The first kappa shape index (κ1) is 15.0.